The summed E-state index contributed by atoms with van der Waals surface area (Å²) < 4.78 is 40.7. The van der Waals surface area contributed by atoms with Gasteiger partial charge in [0, 0.05) is 11.4 Å². The molecule has 21 heavy (non-hydrogen) atoms. The highest BCUT2D eigenvalue weighted by Gasteiger charge is 2.22. The van der Waals surface area contributed by atoms with Crippen LogP contribution in [0, 0.1) is 5.82 Å². The van der Waals surface area contributed by atoms with Gasteiger partial charge in [-0.25, -0.2) is 12.8 Å². The van der Waals surface area contributed by atoms with Gasteiger partial charge in [0.05, 0.1) is 5.02 Å². The van der Waals surface area contributed by atoms with Crippen LogP contribution in [0.3, 0.4) is 0 Å². The average molecular weight is 349 g/mol. The second-order valence-corrected chi connectivity index (χ2v) is 7.25. The Labute approximate surface area is 132 Å². The quantitative estimate of drug-likeness (QED) is 0.840. The van der Waals surface area contributed by atoms with Crippen LogP contribution in [0.4, 0.5) is 10.1 Å². The number of anilines is 1. The molecule has 0 fully saturated rings. The van der Waals surface area contributed by atoms with E-state index in [1.807, 2.05) is 6.92 Å². The van der Waals surface area contributed by atoms with Gasteiger partial charge >= 0.3 is 0 Å². The summed E-state index contributed by atoms with van der Waals surface area (Å²) in [6.45, 7) is 3.10. The lowest BCUT2D eigenvalue weighted by molar-refractivity contribution is 0.597. The zero-order chi connectivity index (χ0) is 15.5. The zero-order valence-electron chi connectivity index (χ0n) is 11.2. The van der Waals surface area contributed by atoms with E-state index in [-0.39, 0.29) is 15.6 Å². The molecule has 0 aliphatic carbocycles. The van der Waals surface area contributed by atoms with Crippen molar-refractivity contribution in [2.75, 3.05) is 11.3 Å². The fraction of sp³-hybridized carbons (Fsp3) is 0.231. The van der Waals surface area contributed by atoms with Crippen LogP contribution < -0.4 is 10.0 Å². The minimum atomic E-state index is -3.88. The number of sulfonamides is 1. The summed E-state index contributed by atoms with van der Waals surface area (Å²) in [6, 6.07) is 5.48. The van der Waals surface area contributed by atoms with Gasteiger partial charge in [-0.05, 0) is 30.1 Å². The standard InChI is InChI=1S/C13H14ClFN2O2S2/c1-2-16-8-11-12(6-7-20-11)21(18,19)17-13-9(14)4-3-5-10(13)15/h3-7,16-17H,2,8H2,1H3. The number of hydrogen-bond donors (Lipinski definition) is 2. The first-order chi connectivity index (χ1) is 9.95. The average Bonchev–Trinajstić information content (AvgIpc) is 2.90. The van der Waals surface area contributed by atoms with Crippen LogP contribution in [0.2, 0.25) is 5.02 Å². The van der Waals surface area contributed by atoms with Gasteiger partial charge in [0.1, 0.15) is 16.4 Å². The van der Waals surface area contributed by atoms with E-state index < -0.39 is 15.8 Å². The fourth-order valence-electron chi connectivity index (χ4n) is 1.72. The Morgan fingerprint density at radius 3 is 2.76 bits per heavy atom. The van der Waals surface area contributed by atoms with Gasteiger partial charge in [0.25, 0.3) is 10.0 Å². The van der Waals surface area contributed by atoms with Crippen LogP contribution in [0.15, 0.2) is 34.5 Å². The molecule has 2 N–H and O–H groups in total. The normalized spacial score (nSPS) is 11.6. The Morgan fingerprint density at radius 1 is 1.33 bits per heavy atom. The zero-order valence-corrected chi connectivity index (χ0v) is 13.6. The molecular formula is C13H14ClFN2O2S2. The Morgan fingerprint density at radius 2 is 2.10 bits per heavy atom. The molecule has 2 aromatic rings. The van der Waals surface area contributed by atoms with Crippen molar-refractivity contribution in [1.29, 1.82) is 0 Å². The number of thiophene rings is 1. The summed E-state index contributed by atoms with van der Waals surface area (Å²) in [5.41, 5.74) is -0.236. The first-order valence-electron chi connectivity index (χ1n) is 6.19. The van der Waals surface area contributed by atoms with Crippen LogP contribution in [0.25, 0.3) is 0 Å². The Kier molecular flexibility index (Phi) is 5.21. The summed E-state index contributed by atoms with van der Waals surface area (Å²) in [7, 11) is -3.88. The summed E-state index contributed by atoms with van der Waals surface area (Å²) >= 11 is 7.17. The minimum absolute atomic E-state index is 0.0158. The van der Waals surface area contributed by atoms with Gasteiger partial charge in [0.15, 0.2) is 0 Å². The van der Waals surface area contributed by atoms with E-state index in [0.29, 0.717) is 11.4 Å². The molecule has 2 rings (SSSR count). The molecule has 0 saturated heterocycles. The van der Waals surface area contributed by atoms with Crippen molar-refractivity contribution >= 4 is 38.6 Å². The van der Waals surface area contributed by atoms with E-state index in [1.54, 1.807) is 5.38 Å². The summed E-state index contributed by atoms with van der Waals surface area (Å²) in [6.07, 6.45) is 0. The number of nitrogens with one attached hydrogen (secondary N) is 2. The largest absolute Gasteiger partial charge is 0.312 e. The molecule has 1 aromatic heterocycles. The minimum Gasteiger partial charge on any atom is -0.312 e. The highest BCUT2D eigenvalue weighted by molar-refractivity contribution is 7.93. The van der Waals surface area contributed by atoms with E-state index >= 15 is 0 Å². The molecule has 0 amide bonds. The number of hydrogen-bond acceptors (Lipinski definition) is 4. The smallest absolute Gasteiger partial charge is 0.263 e. The van der Waals surface area contributed by atoms with Gasteiger partial charge in [-0.2, -0.15) is 0 Å². The Hall–Kier alpha value is -1.15. The molecule has 0 spiro atoms. The summed E-state index contributed by atoms with van der Waals surface area (Å²) in [5, 5.41) is 4.77. The third kappa shape index (κ3) is 3.74. The number of benzene rings is 1. The topological polar surface area (TPSA) is 58.2 Å². The van der Waals surface area contributed by atoms with Gasteiger partial charge in [-0.1, -0.05) is 24.6 Å². The molecule has 0 radical (unpaired) electrons. The van der Waals surface area contributed by atoms with Crippen LogP contribution in [0.1, 0.15) is 11.8 Å². The van der Waals surface area contributed by atoms with Gasteiger partial charge in [-0.3, -0.25) is 4.72 Å². The van der Waals surface area contributed by atoms with Crippen molar-refractivity contribution in [3.63, 3.8) is 0 Å². The molecule has 1 heterocycles. The first kappa shape index (κ1) is 16.2. The van der Waals surface area contributed by atoms with Crippen molar-refractivity contribution in [2.24, 2.45) is 0 Å². The van der Waals surface area contributed by atoms with Gasteiger partial charge in [0.2, 0.25) is 0 Å². The molecule has 0 aliphatic rings. The van der Waals surface area contributed by atoms with Gasteiger partial charge in [-0.15, -0.1) is 11.3 Å². The molecule has 114 valence electrons. The van der Waals surface area contributed by atoms with Crippen LogP contribution in [0.5, 0.6) is 0 Å². The molecule has 0 unspecified atom stereocenters. The van der Waals surface area contributed by atoms with E-state index in [9.17, 15) is 12.8 Å². The predicted octanol–water partition coefficient (Wildman–Crippen LogP) is 3.45. The lowest BCUT2D eigenvalue weighted by Crippen LogP contribution is -2.18. The van der Waals surface area contributed by atoms with Crippen molar-refractivity contribution in [3.8, 4) is 0 Å². The van der Waals surface area contributed by atoms with E-state index in [2.05, 4.69) is 10.0 Å². The second-order valence-electron chi connectivity index (χ2n) is 4.19. The second kappa shape index (κ2) is 6.74. The molecule has 0 atom stereocenters. The highest BCUT2D eigenvalue weighted by Crippen LogP contribution is 2.29. The Balaban J connectivity index is 2.33. The molecule has 1 aromatic carbocycles. The van der Waals surface area contributed by atoms with Crippen LogP contribution in [-0.4, -0.2) is 15.0 Å². The van der Waals surface area contributed by atoms with Gasteiger partial charge < -0.3 is 5.32 Å². The monoisotopic (exact) mass is 348 g/mol. The molecule has 0 aliphatic heterocycles. The maximum atomic E-state index is 13.7. The molecule has 4 nitrogen and oxygen atoms in total. The van der Waals surface area contributed by atoms with E-state index in [4.69, 9.17) is 11.6 Å². The maximum absolute atomic E-state index is 13.7. The van der Waals surface area contributed by atoms with E-state index in [1.165, 1.54) is 29.5 Å². The maximum Gasteiger partial charge on any atom is 0.263 e. The van der Waals surface area contributed by atoms with Crippen LogP contribution in [-0.2, 0) is 16.6 Å². The van der Waals surface area contributed by atoms with Crippen molar-refractivity contribution in [3.05, 3.63) is 45.4 Å². The molecule has 0 bridgehead atoms. The number of rotatable bonds is 6. The van der Waals surface area contributed by atoms with Crippen molar-refractivity contribution < 1.29 is 12.8 Å². The first-order valence-corrected chi connectivity index (χ1v) is 8.93. The van der Waals surface area contributed by atoms with Crippen LogP contribution >= 0.6 is 22.9 Å². The SMILES string of the molecule is CCNCc1sccc1S(=O)(=O)Nc1c(F)cccc1Cl. The lowest BCUT2D eigenvalue weighted by atomic mass is 10.3. The third-order valence-corrected chi connectivity index (χ3v) is 5.53. The third-order valence-electron chi connectivity index (χ3n) is 2.73. The predicted molar refractivity (Wildman–Crippen MR) is 83.9 cm³/mol. The lowest BCUT2D eigenvalue weighted by Gasteiger charge is -2.11. The molecule has 8 heteroatoms. The van der Waals surface area contributed by atoms with Crippen molar-refractivity contribution in [2.45, 2.75) is 18.4 Å². The number of halogens is 2. The van der Waals surface area contributed by atoms with Crippen molar-refractivity contribution in [1.82, 2.24) is 5.32 Å². The highest BCUT2D eigenvalue weighted by atomic mass is 35.5. The molecule has 0 saturated carbocycles. The fourth-order valence-corrected chi connectivity index (χ4v) is 4.49. The molecular weight excluding hydrogens is 335 g/mol. The summed E-state index contributed by atoms with van der Waals surface area (Å²) in [4.78, 5) is 0.796. The number of para-hydroxylation sites is 1. The Bertz CT molecular complexity index is 711. The van der Waals surface area contributed by atoms with E-state index in [0.717, 1.165) is 12.6 Å². The summed E-state index contributed by atoms with van der Waals surface area (Å²) in [5.74, 6) is -0.713.